The van der Waals surface area contributed by atoms with Crippen LogP contribution in [0.2, 0.25) is 0 Å². The number of hydrogen-bond donors (Lipinski definition) is 1. The molecule has 1 heterocycles. The van der Waals surface area contributed by atoms with E-state index in [1.54, 1.807) is 19.2 Å². The van der Waals surface area contributed by atoms with Crippen LogP contribution in [0.4, 0.5) is 0 Å². The summed E-state index contributed by atoms with van der Waals surface area (Å²) in [5, 5.41) is 3.23. The van der Waals surface area contributed by atoms with Crippen molar-refractivity contribution >= 4 is 10.0 Å². The van der Waals surface area contributed by atoms with Crippen molar-refractivity contribution < 1.29 is 8.42 Å². The van der Waals surface area contributed by atoms with E-state index in [1.165, 1.54) is 9.87 Å². The average molecular weight is 282 g/mol. The fourth-order valence-electron chi connectivity index (χ4n) is 2.36. The first-order valence-electron chi connectivity index (χ1n) is 6.49. The third-order valence-electron chi connectivity index (χ3n) is 3.21. The molecule has 1 aromatic rings. The van der Waals surface area contributed by atoms with Gasteiger partial charge in [-0.1, -0.05) is 26.8 Å². The first kappa shape index (κ1) is 14.5. The number of hydrogen-bond acceptors (Lipinski definition) is 3. The zero-order chi connectivity index (χ0) is 14.3. The summed E-state index contributed by atoms with van der Waals surface area (Å²) < 4.78 is 26.5. The van der Waals surface area contributed by atoms with Crippen LogP contribution in [0.15, 0.2) is 23.1 Å². The number of rotatable bonds is 3. The number of fused-ring (bicyclic) bond motifs is 1. The zero-order valence-corrected chi connectivity index (χ0v) is 12.8. The summed E-state index contributed by atoms with van der Waals surface area (Å²) in [6.45, 7) is 8.18. The smallest absolute Gasteiger partial charge is 0.242 e. The molecule has 1 aromatic carbocycles. The Balaban J connectivity index is 2.29. The van der Waals surface area contributed by atoms with Gasteiger partial charge in [0.05, 0.1) is 4.90 Å². The number of benzene rings is 1. The minimum Gasteiger partial charge on any atom is -0.309 e. The Bertz CT molecular complexity index is 574. The van der Waals surface area contributed by atoms with E-state index in [1.807, 2.05) is 26.8 Å². The van der Waals surface area contributed by atoms with Crippen molar-refractivity contribution in [1.82, 2.24) is 9.62 Å². The lowest BCUT2D eigenvalue weighted by Gasteiger charge is -2.26. The molecule has 1 aliphatic heterocycles. The molecule has 1 aliphatic rings. The van der Waals surface area contributed by atoms with Crippen LogP contribution in [-0.4, -0.2) is 26.3 Å². The van der Waals surface area contributed by atoms with Crippen LogP contribution < -0.4 is 5.32 Å². The van der Waals surface area contributed by atoms with Gasteiger partial charge in [0.1, 0.15) is 0 Å². The highest BCUT2D eigenvalue weighted by atomic mass is 32.2. The van der Waals surface area contributed by atoms with Crippen LogP contribution in [0.3, 0.4) is 0 Å². The molecule has 4 nitrogen and oxygen atoms in total. The number of nitrogens with zero attached hydrogens (tertiary/aromatic N) is 1. The Morgan fingerprint density at radius 1 is 1.21 bits per heavy atom. The SMILES string of the molecule is CN(CC(C)(C)C)S(=O)(=O)c1ccc2c(c1)CNC2. The molecule has 0 aromatic heterocycles. The maximum Gasteiger partial charge on any atom is 0.242 e. The van der Waals surface area contributed by atoms with E-state index in [4.69, 9.17) is 0 Å². The first-order chi connectivity index (χ1) is 8.70. The van der Waals surface area contributed by atoms with Crippen molar-refractivity contribution in [1.29, 1.82) is 0 Å². The zero-order valence-electron chi connectivity index (χ0n) is 12.0. The van der Waals surface area contributed by atoms with Crippen molar-refractivity contribution in [3.8, 4) is 0 Å². The van der Waals surface area contributed by atoms with Gasteiger partial charge in [-0.05, 0) is 28.7 Å². The lowest BCUT2D eigenvalue weighted by atomic mass is 9.97. The third kappa shape index (κ3) is 3.16. The summed E-state index contributed by atoms with van der Waals surface area (Å²) >= 11 is 0. The predicted molar refractivity (Wildman–Crippen MR) is 76.3 cm³/mol. The fourth-order valence-corrected chi connectivity index (χ4v) is 3.81. The molecule has 106 valence electrons. The molecule has 5 heteroatoms. The van der Waals surface area contributed by atoms with E-state index >= 15 is 0 Å². The van der Waals surface area contributed by atoms with E-state index in [2.05, 4.69) is 5.32 Å². The molecule has 0 aliphatic carbocycles. The van der Waals surface area contributed by atoms with Gasteiger partial charge in [-0.15, -0.1) is 0 Å². The van der Waals surface area contributed by atoms with E-state index < -0.39 is 10.0 Å². The standard InChI is InChI=1S/C14H22N2O2S/c1-14(2,3)10-16(4)19(17,18)13-6-5-11-8-15-9-12(11)7-13/h5-7,15H,8-10H2,1-4H3. The minimum atomic E-state index is -3.39. The summed E-state index contributed by atoms with van der Waals surface area (Å²) in [7, 11) is -1.74. The van der Waals surface area contributed by atoms with Crippen molar-refractivity contribution in [2.75, 3.05) is 13.6 Å². The van der Waals surface area contributed by atoms with Gasteiger partial charge in [-0.3, -0.25) is 0 Å². The molecule has 0 atom stereocenters. The lowest BCUT2D eigenvalue weighted by Crippen LogP contribution is -2.34. The summed E-state index contributed by atoms with van der Waals surface area (Å²) in [5.41, 5.74) is 2.22. The molecule has 0 saturated heterocycles. The van der Waals surface area contributed by atoms with Crippen LogP contribution in [0.5, 0.6) is 0 Å². The van der Waals surface area contributed by atoms with Crippen LogP contribution in [0.1, 0.15) is 31.9 Å². The first-order valence-corrected chi connectivity index (χ1v) is 7.93. The van der Waals surface area contributed by atoms with Crippen molar-refractivity contribution in [3.05, 3.63) is 29.3 Å². The predicted octanol–water partition coefficient (Wildman–Crippen LogP) is 1.96. The molecule has 2 rings (SSSR count). The summed E-state index contributed by atoms with van der Waals surface area (Å²) in [6, 6.07) is 5.41. The fraction of sp³-hybridized carbons (Fsp3) is 0.571. The molecule has 0 amide bonds. The lowest BCUT2D eigenvalue weighted by molar-refractivity contribution is 0.311. The normalized spacial score (nSPS) is 15.8. The maximum atomic E-state index is 12.5. The molecular weight excluding hydrogens is 260 g/mol. The highest BCUT2D eigenvalue weighted by Crippen LogP contribution is 2.24. The molecule has 0 radical (unpaired) electrons. The highest BCUT2D eigenvalue weighted by Gasteiger charge is 2.26. The van der Waals surface area contributed by atoms with Gasteiger partial charge in [0.2, 0.25) is 10.0 Å². The quantitative estimate of drug-likeness (QED) is 0.922. The molecule has 0 saturated carbocycles. The van der Waals surface area contributed by atoms with E-state index in [-0.39, 0.29) is 5.41 Å². The maximum absolute atomic E-state index is 12.5. The van der Waals surface area contributed by atoms with Crippen molar-refractivity contribution in [3.63, 3.8) is 0 Å². The highest BCUT2D eigenvalue weighted by molar-refractivity contribution is 7.89. The third-order valence-corrected chi connectivity index (χ3v) is 5.01. The Hall–Kier alpha value is -0.910. The van der Waals surface area contributed by atoms with Gasteiger partial charge >= 0.3 is 0 Å². The largest absolute Gasteiger partial charge is 0.309 e. The molecular formula is C14H22N2O2S. The van der Waals surface area contributed by atoms with Gasteiger partial charge in [0.15, 0.2) is 0 Å². The summed E-state index contributed by atoms with van der Waals surface area (Å²) in [4.78, 5) is 0.390. The monoisotopic (exact) mass is 282 g/mol. The van der Waals surface area contributed by atoms with Gasteiger partial charge in [-0.25, -0.2) is 12.7 Å². The molecule has 19 heavy (non-hydrogen) atoms. The Morgan fingerprint density at radius 2 is 1.84 bits per heavy atom. The second-order valence-corrected chi connectivity index (χ2v) is 8.40. The summed E-state index contributed by atoms with van der Waals surface area (Å²) in [5.74, 6) is 0. The molecule has 0 spiro atoms. The van der Waals surface area contributed by atoms with Gasteiger partial charge in [-0.2, -0.15) is 0 Å². The van der Waals surface area contributed by atoms with E-state index in [0.29, 0.717) is 11.4 Å². The molecule has 0 bridgehead atoms. The van der Waals surface area contributed by atoms with Crippen LogP contribution >= 0.6 is 0 Å². The van der Waals surface area contributed by atoms with Crippen molar-refractivity contribution in [2.45, 2.75) is 38.8 Å². The topological polar surface area (TPSA) is 49.4 Å². The Kier molecular flexibility index (Phi) is 3.73. The summed E-state index contributed by atoms with van der Waals surface area (Å²) in [6.07, 6.45) is 0. The van der Waals surface area contributed by atoms with E-state index in [9.17, 15) is 8.42 Å². The average Bonchev–Trinajstić information content (AvgIpc) is 2.73. The minimum absolute atomic E-state index is 0.0555. The molecule has 1 N–H and O–H groups in total. The molecule has 0 unspecified atom stereocenters. The van der Waals surface area contributed by atoms with Crippen LogP contribution in [0, 0.1) is 5.41 Å². The second-order valence-electron chi connectivity index (χ2n) is 6.36. The number of sulfonamides is 1. The van der Waals surface area contributed by atoms with Gasteiger partial charge in [0.25, 0.3) is 0 Å². The van der Waals surface area contributed by atoms with Crippen LogP contribution in [0.25, 0.3) is 0 Å². The van der Waals surface area contributed by atoms with Crippen LogP contribution in [-0.2, 0) is 23.1 Å². The Morgan fingerprint density at radius 3 is 2.47 bits per heavy atom. The number of nitrogens with one attached hydrogen (secondary N) is 1. The molecule has 0 fully saturated rings. The van der Waals surface area contributed by atoms with E-state index in [0.717, 1.165) is 18.7 Å². The Labute approximate surface area is 115 Å². The van der Waals surface area contributed by atoms with Gasteiger partial charge in [0, 0.05) is 26.7 Å². The van der Waals surface area contributed by atoms with Gasteiger partial charge < -0.3 is 5.32 Å². The second kappa shape index (κ2) is 4.89. The van der Waals surface area contributed by atoms with Crippen molar-refractivity contribution in [2.24, 2.45) is 5.41 Å².